The van der Waals surface area contributed by atoms with Gasteiger partial charge in [0.2, 0.25) is 0 Å². The van der Waals surface area contributed by atoms with E-state index in [0.717, 1.165) is 11.0 Å². The first kappa shape index (κ1) is 12.3. The zero-order chi connectivity index (χ0) is 12.1. The first-order chi connectivity index (χ1) is 8.27. The van der Waals surface area contributed by atoms with Crippen molar-refractivity contribution in [2.75, 3.05) is 0 Å². The SMILES string of the molecule is CC(NCc1ccccc1Br)c1cccnc1. The van der Waals surface area contributed by atoms with E-state index in [0.29, 0.717) is 6.04 Å². The van der Waals surface area contributed by atoms with Gasteiger partial charge in [0.25, 0.3) is 0 Å². The molecule has 0 aliphatic carbocycles. The molecule has 17 heavy (non-hydrogen) atoms. The summed E-state index contributed by atoms with van der Waals surface area (Å²) in [6.45, 7) is 2.99. The summed E-state index contributed by atoms with van der Waals surface area (Å²) >= 11 is 3.55. The van der Waals surface area contributed by atoms with Crippen molar-refractivity contribution in [3.8, 4) is 0 Å². The van der Waals surface area contributed by atoms with Crippen LogP contribution in [0.1, 0.15) is 24.1 Å². The summed E-state index contributed by atoms with van der Waals surface area (Å²) < 4.78 is 1.14. The fourth-order valence-corrected chi connectivity index (χ4v) is 2.08. The van der Waals surface area contributed by atoms with Crippen molar-refractivity contribution in [2.45, 2.75) is 19.5 Å². The van der Waals surface area contributed by atoms with Crippen LogP contribution in [-0.2, 0) is 6.54 Å². The standard InChI is InChI=1S/C14H15BrN2/c1-11(12-6-4-8-16-9-12)17-10-13-5-2-3-7-14(13)15/h2-9,11,17H,10H2,1H3. The Labute approximate surface area is 110 Å². The summed E-state index contributed by atoms with van der Waals surface area (Å²) in [6.07, 6.45) is 3.70. The Bertz CT molecular complexity index is 471. The highest BCUT2D eigenvalue weighted by Crippen LogP contribution is 2.17. The maximum Gasteiger partial charge on any atom is 0.0315 e. The molecule has 0 radical (unpaired) electrons. The number of rotatable bonds is 4. The Morgan fingerprint density at radius 1 is 1.24 bits per heavy atom. The second-order valence-electron chi connectivity index (χ2n) is 3.98. The maximum atomic E-state index is 4.13. The predicted octanol–water partition coefficient (Wildman–Crippen LogP) is 3.69. The van der Waals surface area contributed by atoms with Crippen LogP contribution in [0.25, 0.3) is 0 Å². The number of hydrogen-bond acceptors (Lipinski definition) is 2. The van der Waals surface area contributed by atoms with Gasteiger partial charge in [-0.25, -0.2) is 0 Å². The number of halogens is 1. The molecule has 1 unspecified atom stereocenters. The van der Waals surface area contributed by atoms with E-state index in [1.54, 1.807) is 6.20 Å². The lowest BCUT2D eigenvalue weighted by Crippen LogP contribution is -2.18. The van der Waals surface area contributed by atoms with Crippen molar-refractivity contribution in [1.29, 1.82) is 0 Å². The molecule has 2 rings (SSSR count). The van der Waals surface area contributed by atoms with Crippen LogP contribution in [-0.4, -0.2) is 4.98 Å². The van der Waals surface area contributed by atoms with Crippen LogP contribution in [0.15, 0.2) is 53.3 Å². The van der Waals surface area contributed by atoms with Crippen LogP contribution in [0.2, 0.25) is 0 Å². The first-order valence-electron chi connectivity index (χ1n) is 5.64. The molecule has 0 bridgehead atoms. The minimum Gasteiger partial charge on any atom is -0.306 e. The number of pyridine rings is 1. The van der Waals surface area contributed by atoms with Crippen molar-refractivity contribution < 1.29 is 0 Å². The number of benzene rings is 1. The smallest absolute Gasteiger partial charge is 0.0315 e. The summed E-state index contributed by atoms with van der Waals surface area (Å²) in [5.74, 6) is 0. The minimum absolute atomic E-state index is 0.302. The van der Waals surface area contributed by atoms with Gasteiger partial charge in [0, 0.05) is 29.5 Å². The Morgan fingerprint density at radius 3 is 2.76 bits per heavy atom. The molecule has 0 aliphatic heterocycles. The molecule has 0 spiro atoms. The molecule has 0 saturated heterocycles. The number of aromatic nitrogens is 1. The summed E-state index contributed by atoms with van der Waals surface area (Å²) in [6, 6.07) is 12.6. The number of hydrogen-bond donors (Lipinski definition) is 1. The molecule has 0 saturated carbocycles. The Balaban J connectivity index is 1.97. The van der Waals surface area contributed by atoms with Gasteiger partial charge in [-0.05, 0) is 30.2 Å². The molecule has 1 atom stereocenters. The van der Waals surface area contributed by atoms with Crippen LogP contribution >= 0.6 is 15.9 Å². The van der Waals surface area contributed by atoms with Crippen molar-refractivity contribution in [3.05, 3.63) is 64.4 Å². The lowest BCUT2D eigenvalue weighted by atomic mass is 10.1. The number of nitrogens with zero attached hydrogens (tertiary/aromatic N) is 1. The average molecular weight is 291 g/mol. The van der Waals surface area contributed by atoms with E-state index in [9.17, 15) is 0 Å². The molecule has 0 amide bonds. The summed E-state index contributed by atoms with van der Waals surface area (Å²) in [7, 11) is 0. The topological polar surface area (TPSA) is 24.9 Å². The second kappa shape index (κ2) is 5.94. The van der Waals surface area contributed by atoms with Gasteiger partial charge >= 0.3 is 0 Å². The molecule has 0 fully saturated rings. The fourth-order valence-electron chi connectivity index (χ4n) is 1.65. The highest BCUT2D eigenvalue weighted by atomic mass is 79.9. The van der Waals surface area contributed by atoms with Gasteiger partial charge < -0.3 is 5.32 Å². The molecule has 2 nitrogen and oxygen atoms in total. The quantitative estimate of drug-likeness (QED) is 0.929. The van der Waals surface area contributed by atoms with E-state index in [1.807, 2.05) is 18.3 Å². The molecular formula is C14H15BrN2. The lowest BCUT2D eigenvalue weighted by molar-refractivity contribution is 0.572. The summed E-state index contributed by atoms with van der Waals surface area (Å²) in [5, 5.41) is 3.49. The summed E-state index contributed by atoms with van der Waals surface area (Å²) in [4.78, 5) is 4.13. The number of nitrogens with one attached hydrogen (secondary N) is 1. The van der Waals surface area contributed by atoms with Crippen molar-refractivity contribution in [2.24, 2.45) is 0 Å². The monoisotopic (exact) mass is 290 g/mol. The molecule has 2 aromatic rings. The molecule has 0 aliphatic rings. The predicted molar refractivity (Wildman–Crippen MR) is 73.6 cm³/mol. The normalized spacial score (nSPS) is 12.4. The molecule has 1 heterocycles. The van der Waals surface area contributed by atoms with E-state index in [4.69, 9.17) is 0 Å². The summed E-state index contributed by atoms with van der Waals surface area (Å²) in [5.41, 5.74) is 2.47. The van der Waals surface area contributed by atoms with Gasteiger partial charge in [-0.15, -0.1) is 0 Å². The van der Waals surface area contributed by atoms with Crippen molar-refractivity contribution in [3.63, 3.8) is 0 Å². The van der Waals surface area contributed by atoms with Gasteiger partial charge in [-0.2, -0.15) is 0 Å². The van der Waals surface area contributed by atoms with E-state index in [-0.39, 0.29) is 0 Å². The molecule has 88 valence electrons. The Hall–Kier alpha value is -1.19. The zero-order valence-corrected chi connectivity index (χ0v) is 11.3. The first-order valence-corrected chi connectivity index (χ1v) is 6.43. The molecule has 1 aromatic heterocycles. The highest BCUT2D eigenvalue weighted by Gasteiger charge is 2.05. The fraction of sp³-hybridized carbons (Fsp3) is 0.214. The molecular weight excluding hydrogens is 276 g/mol. The molecule has 3 heteroatoms. The molecule has 1 N–H and O–H groups in total. The Morgan fingerprint density at radius 2 is 2.06 bits per heavy atom. The van der Waals surface area contributed by atoms with Gasteiger partial charge in [0.15, 0.2) is 0 Å². The van der Waals surface area contributed by atoms with Crippen LogP contribution in [0.4, 0.5) is 0 Å². The second-order valence-corrected chi connectivity index (χ2v) is 4.83. The van der Waals surface area contributed by atoms with Gasteiger partial charge in [-0.3, -0.25) is 4.98 Å². The lowest BCUT2D eigenvalue weighted by Gasteiger charge is -2.14. The minimum atomic E-state index is 0.302. The average Bonchev–Trinajstić information content (AvgIpc) is 2.38. The van der Waals surface area contributed by atoms with E-state index < -0.39 is 0 Å². The van der Waals surface area contributed by atoms with Crippen LogP contribution in [0.5, 0.6) is 0 Å². The van der Waals surface area contributed by atoms with Crippen LogP contribution in [0, 0.1) is 0 Å². The maximum absolute atomic E-state index is 4.13. The molecule has 1 aromatic carbocycles. The van der Waals surface area contributed by atoms with Crippen molar-refractivity contribution in [1.82, 2.24) is 10.3 Å². The highest BCUT2D eigenvalue weighted by molar-refractivity contribution is 9.10. The third kappa shape index (κ3) is 3.38. The van der Waals surface area contributed by atoms with Gasteiger partial charge in [0.05, 0.1) is 0 Å². The van der Waals surface area contributed by atoms with E-state index in [1.165, 1.54) is 11.1 Å². The zero-order valence-electron chi connectivity index (χ0n) is 9.73. The largest absolute Gasteiger partial charge is 0.306 e. The third-order valence-corrected chi connectivity index (χ3v) is 3.51. The van der Waals surface area contributed by atoms with E-state index in [2.05, 4.69) is 57.4 Å². The third-order valence-electron chi connectivity index (χ3n) is 2.74. The van der Waals surface area contributed by atoms with Crippen molar-refractivity contribution >= 4 is 15.9 Å². The van der Waals surface area contributed by atoms with E-state index >= 15 is 0 Å². The van der Waals surface area contributed by atoms with Crippen LogP contribution in [0.3, 0.4) is 0 Å². The Kier molecular flexibility index (Phi) is 4.29. The van der Waals surface area contributed by atoms with Crippen LogP contribution < -0.4 is 5.32 Å². The van der Waals surface area contributed by atoms with Gasteiger partial charge in [0.1, 0.15) is 0 Å². The van der Waals surface area contributed by atoms with Gasteiger partial charge in [-0.1, -0.05) is 40.2 Å².